The standard InChI is InChI=1S/C28H28N4O3S/c1-33-19-18-31-17-5-7-25(31)27-26(24-6-3-4-16-29-24)30-28(36)32(27)20-8-10-22(11-9-20)35-23-14-12-21(34-2)13-15-23/h3-17,26-27H,18-19H2,1-2H3,(H,30,36)/t26-,27-/m0/s1. The predicted molar refractivity (Wildman–Crippen MR) is 144 cm³/mol. The van der Waals surface area contributed by atoms with Gasteiger partial charge < -0.3 is 29.0 Å². The predicted octanol–water partition coefficient (Wildman–Crippen LogP) is 5.51. The Bertz CT molecular complexity index is 1290. The smallest absolute Gasteiger partial charge is 0.174 e. The molecule has 2 aromatic carbocycles. The molecule has 0 bridgehead atoms. The number of rotatable bonds is 9. The van der Waals surface area contributed by atoms with Gasteiger partial charge in [-0.1, -0.05) is 6.07 Å². The Hall–Kier alpha value is -3.88. The van der Waals surface area contributed by atoms with Crippen LogP contribution in [0.5, 0.6) is 17.2 Å². The van der Waals surface area contributed by atoms with Crippen LogP contribution < -0.4 is 19.7 Å². The fourth-order valence-electron chi connectivity index (χ4n) is 4.48. The van der Waals surface area contributed by atoms with Gasteiger partial charge >= 0.3 is 0 Å². The average Bonchev–Trinajstić information content (AvgIpc) is 3.52. The van der Waals surface area contributed by atoms with Gasteiger partial charge in [0.25, 0.3) is 0 Å². The number of anilines is 1. The van der Waals surface area contributed by atoms with Gasteiger partial charge in [-0.15, -0.1) is 0 Å². The van der Waals surface area contributed by atoms with E-state index in [9.17, 15) is 0 Å². The van der Waals surface area contributed by atoms with Gasteiger partial charge in [-0.3, -0.25) is 4.98 Å². The summed E-state index contributed by atoms with van der Waals surface area (Å²) in [7, 11) is 3.36. The molecule has 3 heterocycles. The fourth-order valence-corrected chi connectivity index (χ4v) is 4.82. The maximum Gasteiger partial charge on any atom is 0.174 e. The molecule has 1 saturated heterocycles. The van der Waals surface area contributed by atoms with Gasteiger partial charge in [0.15, 0.2) is 5.11 Å². The quantitative estimate of drug-likeness (QED) is 0.304. The molecule has 0 radical (unpaired) electrons. The van der Waals surface area contributed by atoms with Gasteiger partial charge in [0.2, 0.25) is 0 Å². The molecule has 36 heavy (non-hydrogen) atoms. The topological polar surface area (TPSA) is 60.8 Å². The number of pyridine rings is 1. The van der Waals surface area contributed by atoms with Crippen LogP contribution in [-0.2, 0) is 11.3 Å². The van der Waals surface area contributed by atoms with Crippen molar-refractivity contribution in [3.05, 3.63) is 103 Å². The number of methoxy groups -OCH3 is 2. The Kier molecular flexibility index (Phi) is 7.16. The SMILES string of the molecule is COCCn1cccc1[C@H]1[C@H](c2ccccn2)NC(=S)N1c1ccc(Oc2ccc(OC)cc2)cc1. The number of hydrogen-bond donors (Lipinski definition) is 1. The van der Waals surface area contributed by atoms with Gasteiger partial charge in [-0.2, -0.15) is 0 Å². The van der Waals surface area contributed by atoms with Gasteiger partial charge in [0, 0.05) is 37.4 Å². The lowest BCUT2D eigenvalue weighted by Gasteiger charge is -2.29. The minimum absolute atomic E-state index is 0.0902. The van der Waals surface area contributed by atoms with Gasteiger partial charge in [0.1, 0.15) is 23.3 Å². The first-order chi connectivity index (χ1) is 17.7. The molecular weight excluding hydrogens is 472 g/mol. The highest BCUT2D eigenvalue weighted by atomic mass is 32.1. The molecule has 1 aliphatic heterocycles. The third kappa shape index (κ3) is 4.91. The highest BCUT2D eigenvalue weighted by molar-refractivity contribution is 7.80. The van der Waals surface area contributed by atoms with E-state index in [-0.39, 0.29) is 12.1 Å². The molecule has 8 heteroatoms. The molecule has 7 nitrogen and oxygen atoms in total. The van der Waals surface area contributed by atoms with Crippen molar-refractivity contribution < 1.29 is 14.2 Å². The van der Waals surface area contributed by atoms with Crippen LogP contribution in [0.3, 0.4) is 0 Å². The summed E-state index contributed by atoms with van der Waals surface area (Å²) >= 11 is 5.85. The molecule has 4 aromatic rings. The summed E-state index contributed by atoms with van der Waals surface area (Å²) in [4.78, 5) is 6.79. The van der Waals surface area contributed by atoms with Crippen molar-refractivity contribution in [1.82, 2.24) is 14.9 Å². The number of ether oxygens (including phenoxy) is 3. The molecule has 1 fully saturated rings. The van der Waals surface area contributed by atoms with E-state index in [0.717, 1.165) is 40.9 Å². The summed E-state index contributed by atoms with van der Waals surface area (Å²) in [6.45, 7) is 1.37. The van der Waals surface area contributed by atoms with E-state index in [1.54, 1.807) is 14.2 Å². The number of thiocarbonyl (C=S) groups is 1. The number of nitrogens with one attached hydrogen (secondary N) is 1. The van der Waals surface area contributed by atoms with E-state index < -0.39 is 0 Å². The minimum Gasteiger partial charge on any atom is -0.497 e. The first-order valence-electron chi connectivity index (χ1n) is 11.7. The third-order valence-electron chi connectivity index (χ3n) is 6.21. The maximum atomic E-state index is 6.02. The summed E-state index contributed by atoms with van der Waals surface area (Å²) in [5, 5.41) is 4.16. The van der Waals surface area contributed by atoms with Crippen molar-refractivity contribution in [1.29, 1.82) is 0 Å². The van der Waals surface area contributed by atoms with E-state index in [2.05, 4.69) is 38.1 Å². The number of aromatic nitrogens is 2. The van der Waals surface area contributed by atoms with Crippen molar-refractivity contribution >= 4 is 23.0 Å². The summed E-state index contributed by atoms with van der Waals surface area (Å²) < 4.78 is 18.8. The van der Waals surface area contributed by atoms with E-state index in [1.807, 2.05) is 72.9 Å². The average molecular weight is 501 g/mol. The highest BCUT2D eigenvalue weighted by Gasteiger charge is 2.42. The molecule has 5 rings (SSSR count). The lowest BCUT2D eigenvalue weighted by Crippen LogP contribution is -2.30. The molecule has 184 valence electrons. The second-order valence-electron chi connectivity index (χ2n) is 8.39. The maximum absolute atomic E-state index is 6.02. The van der Waals surface area contributed by atoms with E-state index in [1.165, 1.54) is 0 Å². The third-order valence-corrected chi connectivity index (χ3v) is 6.53. The number of benzene rings is 2. The Morgan fingerprint density at radius 1 is 0.889 bits per heavy atom. The van der Waals surface area contributed by atoms with Gasteiger partial charge in [-0.05, 0) is 85.0 Å². The van der Waals surface area contributed by atoms with Crippen LogP contribution in [0, 0.1) is 0 Å². The minimum atomic E-state index is -0.106. The van der Waals surface area contributed by atoms with Crippen LogP contribution >= 0.6 is 12.2 Å². The highest BCUT2D eigenvalue weighted by Crippen LogP contribution is 2.42. The number of hydrogen-bond acceptors (Lipinski definition) is 5. The zero-order chi connectivity index (χ0) is 24.9. The second-order valence-corrected chi connectivity index (χ2v) is 8.77. The summed E-state index contributed by atoms with van der Waals surface area (Å²) in [5.41, 5.74) is 3.04. The van der Waals surface area contributed by atoms with Crippen LogP contribution in [0.25, 0.3) is 0 Å². The number of nitrogens with zero attached hydrogens (tertiary/aromatic N) is 3. The van der Waals surface area contributed by atoms with Crippen LogP contribution in [0.4, 0.5) is 5.69 Å². The van der Waals surface area contributed by atoms with Crippen LogP contribution in [0.15, 0.2) is 91.3 Å². The molecule has 0 unspecified atom stereocenters. The lowest BCUT2D eigenvalue weighted by atomic mass is 10.0. The van der Waals surface area contributed by atoms with Crippen molar-refractivity contribution in [3.8, 4) is 17.2 Å². The molecule has 2 atom stereocenters. The normalized spacial score (nSPS) is 17.2. The van der Waals surface area contributed by atoms with E-state index in [0.29, 0.717) is 11.7 Å². The Morgan fingerprint density at radius 3 is 2.28 bits per heavy atom. The van der Waals surface area contributed by atoms with E-state index in [4.69, 9.17) is 26.4 Å². The second kappa shape index (κ2) is 10.8. The molecule has 0 aliphatic carbocycles. The molecular formula is C28H28N4O3S. The molecule has 2 aromatic heterocycles. The Morgan fingerprint density at radius 2 is 1.61 bits per heavy atom. The van der Waals surface area contributed by atoms with Crippen molar-refractivity contribution in [2.24, 2.45) is 0 Å². The van der Waals surface area contributed by atoms with Gasteiger partial charge in [0.05, 0.1) is 25.5 Å². The summed E-state index contributed by atoms with van der Waals surface area (Å²) in [6, 6.07) is 25.4. The molecule has 0 amide bonds. The Balaban J connectivity index is 1.46. The molecule has 0 spiro atoms. The summed E-state index contributed by atoms with van der Waals surface area (Å²) in [5.74, 6) is 2.27. The largest absolute Gasteiger partial charge is 0.497 e. The van der Waals surface area contributed by atoms with Crippen LogP contribution in [-0.4, -0.2) is 35.5 Å². The monoisotopic (exact) mass is 500 g/mol. The van der Waals surface area contributed by atoms with Crippen molar-refractivity contribution in [3.63, 3.8) is 0 Å². The zero-order valence-corrected chi connectivity index (χ0v) is 21.0. The zero-order valence-electron chi connectivity index (χ0n) is 20.2. The first-order valence-corrected chi connectivity index (χ1v) is 12.2. The summed E-state index contributed by atoms with van der Waals surface area (Å²) in [6.07, 6.45) is 3.89. The van der Waals surface area contributed by atoms with Crippen LogP contribution in [0.1, 0.15) is 23.5 Å². The van der Waals surface area contributed by atoms with Crippen molar-refractivity contribution in [2.75, 3.05) is 25.7 Å². The van der Waals surface area contributed by atoms with Crippen molar-refractivity contribution in [2.45, 2.75) is 18.6 Å². The van der Waals surface area contributed by atoms with Crippen LogP contribution in [0.2, 0.25) is 0 Å². The Labute approximate surface area is 216 Å². The molecule has 0 saturated carbocycles. The van der Waals surface area contributed by atoms with Gasteiger partial charge in [-0.25, -0.2) is 0 Å². The first kappa shape index (κ1) is 23.8. The van der Waals surface area contributed by atoms with E-state index >= 15 is 0 Å². The fraction of sp³-hybridized carbons (Fsp3) is 0.214. The lowest BCUT2D eigenvalue weighted by molar-refractivity contribution is 0.186. The molecule has 1 aliphatic rings. The molecule has 1 N–H and O–H groups in total.